The lowest BCUT2D eigenvalue weighted by molar-refractivity contribution is 0.751. The van der Waals surface area contributed by atoms with Crippen molar-refractivity contribution in [3.05, 3.63) is 47.7 Å². The third kappa shape index (κ3) is 4.45. The van der Waals surface area contributed by atoms with Crippen LogP contribution in [0.5, 0.6) is 0 Å². The normalized spacial score (nSPS) is 13.5. The Balaban J connectivity index is 2.12. The summed E-state index contributed by atoms with van der Waals surface area (Å²) in [5, 5.41) is 6.76. The Morgan fingerprint density at radius 2 is 1.76 bits per heavy atom. The van der Waals surface area contributed by atoms with Crippen molar-refractivity contribution in [2.45, 2.75) is 46.2 Å². The van der Waals surface area contributed by atoms with E-state index in [-0.39, 0.29) is 6.04 Å². The zero-order valence-corrected chi connectivity index (χ0v) is 13.2. The molecule has 0 amide bonds. The predicted molar refractivity (Wildman–Crippen MR) is 88.6 cm³/mol. The minimum absolute atomic E-state index is 0.206. The number of nitrogens with one attached hydrogen (secondary N) is 2. The molecule has 2 N–H and O–H groups in total. The van der Waals surface area contributed by atoms with Gasteiger partial charge >= 0.3 is 0 Å². The zero-order chi connectivity index (χ0) is 15.2. The second kappa shape index (κ2) is 7.07. The third-order valence-electron chi connectivity index (χ3n) is 3.51. The maximum absolute atomic E-state index is 4.55. The molecule has 0 aliphatic carbocycles. The van der Waals surface area contributed by atoms with E-state index in [1.807, 2.05) is 19.1 Å². The fraction of sp³-hybridized carbons (Fsp3) is 0.412. The van der Waals surface area contributed by atoms with Crippen LogP contribution in [-0.4, -0.2) is 16.0 Å². The first-order chi connectivity index (χ1) is 10.1. The van der Waals surface area contributed by atoms with Gasteiger partial charge in [0.25, 0.3) is 0 Å². The molecule has 0 fully saturated rings. The molecule has 2 unspecified atom stereocenters. The molecule has 2 rings (SSSR count). The van der Waals surface area contributed by atoms with Crippen molar-refractivity contribution in [1.29, 1.82) is 0 Å². The first-order valence-electron chi connectivity index (χ1n) is 7.52. The second-order valence-electron chi connectivity index (χ2n) is 5.45. The highest BCUT2D eigenvalue weighted by atomic mass is 15.2. The van der Waals surface area contributed by atoms with Gasteiger partial charge in [-0.3, -0.25) is 0 Å². The van der Waals surface area contributed by atoms with E-state index in [4.69, 9.17) is 0 Å². The molecule has 0 aliphatic rings. The fourth-order valence-electron chi connectivity index (χ4n) is 2.08. The molecule has 0 bridgehead atoms. The highest BCUT2D eigenvalue weighted by molar-refractivity contribution is 5.44. The van der Waals surface area contributed by atoms with Crippen molar-refractivity contribution in [1.82, 2.24) is 9.97 Å². The van der Waals surface area contributed by atoms with Gasteiger partial charge in [-0.05, 0) is 32.8 Å². The highest BCUT2D eigenvalue weighted by Crippen LogP contribution is 2.19. The molecule has 1 heterocycles. The van der Waals surface area contributed by atoms with Gasteiger partial charge in [0, 0.05) is 23.8 Å². The SMILES string of the molecule is CCC(C)Nc1nc(C)cc(NC(C)c2ccccc2)n1. The van der Waals surface area contributed by atoms with E-state index in [0.717, 1.165) is 17.9 Å². The van der Waals surface area contributed by atoms with Gasteiger partial charge in [-0.1, -0.05) is 37.3 Å². The largest absolute Gasteiger partial charge is 0.363 e. The maximum Gasteiger partial charge on any atom is 0.225 e. The van der Waals surface area contributed by atoms with Crippen molar-refractivity contribution >= 4 is 11.8 Å². The van der Waals surface area contributed by atoms with Crippen LogP contribution >= 0.6 is 0 Å². The van der Waals surface area contributed by atoms with Crippen molar-refractivity contribution in [2.75, 3.05) is 10.6 Å². The molecule has 0 saturated heterocycles. The molecular formula is C17H24N4. The Morgan fingerprint density at radius 3 is 2.43 bits per heavy atom. The van der Waals surface area contributed by atoms with Crippen LogP contribution in [-0.2, 0) is 0 Å². The summed E-state index contributed by atoms with van der Waals surface area (Å²) in [7, 11) is 0. The Bertz CT molecular complexity index is 568. The summed E-state index contributed by atoms with van der Waals surface area (Å²) in [6.07, 6.45) is 1.04. The van der Waals surface area contributed by atoms with E-state index in [9.17, 15) is 0 Å². The number of hydrogen-bond acceptors (Lipinski definition) is 4. The molecule has 1 aromatic carbocycles. The Hall–Kier alpha value is -2.10. The maximum atomic E-state index is 4.55. The fourth-order valence-corrected chi connectivity index (χ4v) is 2.08. The van der Waals surface area contributed by atoms with E-state index in [0.29, 0.717) is 12.0 Å². The van der Waals surface area contributed by atoms with Crippen molar-refractivity contribution in [3.63, 3.8) is 0 Å². The van der Waals surface area contributed by atoms with Gasteiger partial charge < -0.3 is 10.6 Å². The van der Waals surface area contributed by atoms with Crippen LogP contribution in [0.3, 0.4) is 0 Å². The quantitative estimate of drug-likeness (QED) is 0.836. The van der Waals surface area contributed by atoms with Gasteiger partial charge in [0.2, 0.25) is 5.95 Å². The van der Waals surface area contributed by atoms with Gasteiger partial charge in [0.05, 0.1) is 0 Å². The summed E-state index contributed by atoms with van der Waals surface area (Å²) in [6, 6.07) is 12.9. The summed E-state index contributed by atoms with van der Waals surface area (Å²) < 4.78 is 0. The van der Waals surface area contributed by atoms with Crippen LogP contribution in [0.2, 0.25) is 0 Å². The number of anilines is 2. The lowest BCUT2D eigenvalue weighted by Gasteiger charge is -2.17. The topological polar surface area (TPSA) is 49.8 Å². The standard InChI is InChI=1S/C17H24N4/c1-5-12(2)18-17-19-13(3)11-16(21-17)20-14(4)15-9-7-6-8-10-15/h6-12,14H,5H2,1-4H3,(H2,18,19,20,21). The highest BCUT2D eigenvalue weighted by Gasteiger charge is 2.08. The minimum Gasteiger partial charge on any atom is -0.363 e. The molecular weight excluding hydrogens is 260 g/mol. The molecule has 1 aromatic heterocycles. The van der Waals surface area contributed by atoms with Crippen LogP contribution in [0.4, 0.5) is 11.8 Å². The average molecular weight is 284 g/mol. The summed E-state index contributed by atoms with van der Waals surface area (Å²) in [5.41, 5.74) is 2.20. The van der Waals surface area contributed by atoms with E-state index in [2.05, 4.69) is 65.6 Å². The number of aromatic nitrogens is 2. The number of aryl methyl sites for hydroxylation is 1. The van der Waals surface area contributed by atoms with E-state index >= 15 is 0 Å². The number of nitrogens with zero attached hydrogens (tertiary/aromatic N) is 2. The molecule has 4 heteroatoms. The first-order valence-corrected chi connectivity index (χ1v) is 7.52. The predicted octanol–water partition coefficient (Wildman–Crippen LogP) is 4.17. The summed E-state index contributed by atoms with van der Waals surface area (Å²) in [4.78, 5) is 8.99. The van der Waals surface area contributed by atoms with Gasteiger partial charge in [-0.25, -0.2) is 4.98 Å². The summed E-state index contributed by atoms with van der Waals surface area (Å²) >= 11 is 0. The summed E-state index contributed by atoms with van der Waals surface area (Å²) in [6.45, 7) is 8.39. The van der Waals surface area contributed by atoms with Crippen LogP contribution in [0.1, 0.15) is 44.5 Å². The first kappa shape index (κ1) is 15.3. The van der Waals surface area contributed by atoms with Crippen LogP contribution < -0.4 is 10.6 Å². The van der Waals surface area contributed by atoms with Gasteiger partial charge in [-0.15, -0.1) is 0 Å². The smallest absolute Gasteiger partial charge is 0.225 e. The lowest BCUT2D eigenvalue weighted by atomic mass is 10.1. The number of rotatable bonds is 6. The van der Waals surface area contributed by atoms with Crippen LogP contribution in [0.25, 0.3) is 0 Å². The molecule has 0 saturated carbocycles. The summed E-state index contributed by atoms with van der Waals surface area (Å²) in [5.74, 6) is 1.54. The van der Waals surface area contributed by atoms with Crippen molar-refractivity contribution < 1.29 is 0 Å². The lowest BCUT2D eigenvalue weighted by Crippen LogP contribution is -2.17. The Kier molecular flexibility index (Phi) is 5.14. The molecule has 0 radical (unpaired) electrons. The van der Waals surface area contributed by atoms with Crippen molar-refractivity contribution in [2.24, 2.45) is 0 Å². The number of benzene rings is 1. The number of hydrogen-bond donors (Lipinski definition) is 2. The van der Waals surface area contributed by atoms with E-state index in [1.165, 1.54) is 5.56 Å². The van der Waals surface area contributed by atoms with Gasteiger partial charge in [0.15, 0.2) is 0 Å². The molecule has 21 heavy (non-hydrogen) atoms. The Morgan fingerprint density at radius 1 is 1.05 bits per heavy atom. The van der Waals surface area contributed by atoms with Crippen molar-refractivity contribution in [3.8, 4) is 0 Å². The average Bonchev–Trinajstić information content (AvgIpc) is 2.47. The minimum atomic E-state index is 0.206. The van der Waals surface area contributed by atoms with Crippen LogP contribution in [0.15, 0.2) is 36.4 Å². The molecule has 2 atom stereocenters. The second-order valence-corrected chi connectivity index (χ2v) is 5.45. The van der Waals surface area contributed by atoms with E-state index < -0.39 is 0 Å². The van der Waals surface area contributed by atoms with Gasteiger partial charge in [0.1, 0.15) is 5.82 Å². The monoisotopic (exact) mass is 284 g/mol. The Labute approximate surface area is 127 Å². The third-order valence-corrected chi connectivity index (χ3v) is 3.51. The van der Waals surface area contributed by atoms with Crippen LogP contribution in [0, 0.1) is 6.92 Å². The van der Waals surface area contributed by atoms with E-state index in [1.54, 1.807) is 0 Å². The molecule has 112 valence electrons. The molecule has 0 aliphatic heterocycles. The zero-order valence-electron chi connectivity index (χ0n) is 13.2. The molecule has 0 spiro atoms. The molecule has 4 nitrogen and oxygen atoms in total. The van der Waals surface area contributed by atoms with Gasteiger partial charge in [-0.2, -0.15) is 4.98 Å². The molecule has 2 aromatic rings.